The minimum absolute atomic E-state index is 0.0813. The molecule has 0 aliphatic rings. The third-order valence-corrected chi connectivity index (χ3v) is 2.12. The van der Waals surface area contributed by atoms with Crippen molar-refractivity contribution in [2.45, 2.75) is 0 Å². The lowest BCUT2D eigenvalue weighted by Gasteiger charge is -2.01. The normalized spacial score (nSPS) is 10.8. The Hall–Kier alpha value is -0.930. The largest absolute Gasteiger partial charge is 0.507 e. The van der Waals surface area contributed by atoms with Crippen molar-refractivity contribution in [3.05, 3.63) is 27.7 Å². The van der Waals surface area contributed by atoms with E-state index in [2.05, 4.69) is 5.16 Å². The van der Waals surface area contributed by atoms with E-state index >= 15 is 0 Å². The van der Waals surface area contributed by atoms with Crippen molar-refractivity contribution < 1.29 is 10.3 Å². The molecule has 0 aromatic heterocycles. The summed E-state index contributed by atoms with van der Waals surface area (Å²) in [6.45, 7) is 0. The number of hydrogen-bond acceptors (Lipinski definition) is 3. The molecule has 0 heterocycles. The summed E-state index contributed by atoms with van der Waals surface area (Å²) >= 11 is 11.3. The fraction of sp³-hybridized carbons (Fsp3) is 0. The summed E-state index contributed by atoms with van der Waals surface area (Å²) in [6, 6.07) is 2.82. The summed E-state index contributed by atoms with van der Waals surface area (Å²) in [6.07, 6.45) is 1.02. The van der Waals surface area contributed by atoms with Crippen LogP contribution in [0.15, 0.2) is 17.3 Å². The average Bonchev–Trinajstić information content (AvgIpc) is 2.06. The van der Waals surface area contributed by atoms with Crippen LogP contribution in [0.4, 0.5) is 0 Å². The van der Waals surface area contributed by atoms with Gasteiger partial charge in [0.2, 0.25) is 0 Å². The molecule has 0 saturated heterocycles. The van der Waals surface area contributed by atoms with E-state index in [1.807, 2.05) is 0 Å². The smallest absolute Gasteiger partial charge is 0.126 e. The van der Waals surface area contributed by atoms with Crippen LogP contribution in [0, 0.1) is 0 Å². The molecule has 0 aliphatic heterocycles. The van der Waals surface area contributed by atoms with Crippen LogP contribution in [0.1, 0.15) is 5.56 Å². The summed E-state index contributed by atoms with van der Waals surface area (Å²) < 4.78 is 0. The first-order valence-corrected chi connectivity index (χ1v) is 3.77. The number of hydrogen-bond donors (Lipinski definition) is 2. The predicted octanol–water partition coefficient (Wildman–Crippen LogP) is 2.51. The second kappa shape index (κ2) is 3.65. The van der Waals surface area contributed by atoms with Crippen molar-refractivity contribution in [1.29, 1.82) is 0 Å². The van der Waals surface area contributed by atoms with Crippen molar-refractivity contribution in [1.82, 2.24) is 0 Å². The first-order valence-electron chi connectivity index (χ1n) is 3.01. The van der Waals surface area contributed by atoms with Crippen LogP contribution in [0.5, 0.6) is 5.75 Å². The topological polar surface area (TPSA) is 52.8 Å². The van der Waals surface area contributed by atoms with Crippen LogP contribution in [0.3, 0.4) is 0 Å². The van der Waals surface area contributed by atoms with Crippen molar-refractivity contribution in [2.75, 3.05) is 0 Å². The maximum atomic E-state index is 9.20. The van der Waals surface area contributed by atoms with Gasteiger partial charge in [-0.3, -0.25) is 0 Å². The minimum atomic E-state index is -0.0813. The molecular weight excluding hydrogens is 201 g/mol. The van der Waals surface area contributed by atoms with Gasteiger partial charge in [0.25, 0.3) is 0 Å². The zero-order valence-corrected chi connectivity index (χ0v) is 7.34. The number of phenols is 1. The zero-order chi connectivity index (χ0) is 9.14. The SMILES string of the molecule is ON=Cc1c(O)ccc(Cl)c1Cl. The second-order valence-corrected chi connectivity index (χ2v) is 2.82. The van der Waals surface area contributed by atoms with Crippen molar-refractivity contribution in [2.24, 2.45) is 5.16 Å². The Morgan fingerprint density at radius 2 is 2.00 bits per heavy atom. The van der Waals surface area contributed by atoms with Gasteiger partial charge in [0.15, 0.2) is 0 Å². The van der Waals surface area contributed by atoms with E-state index in [-0.39, 0.29) is 16.3 Å². The highest BCUT2D eigenvalue weighted by molar-refractivity contribution is 6.43. The molecule has 0 radical (unpaired) electrons. The Kier molecular flexibility index (Phi) is 2.78. The van der Waals surface area contributed by atoms with E-state index < -0.39 is 0 Å². The van der Waals surface area contributed by atoms with E-state index in [1.54, 1.807) is 0 Å². The molecule has 0 aliphatic carbocycles. The molecule has 64 valence electrons. The van der Waals surface area contributed by atoms with Crippen LogP contribution in [-0.2, 0) is 0 Å². The molecule has 0 amide bonds. The predicted molar refractivity (Wildman–Crippen MR) is 47.5 cm³/mol. The number of oxime groups is 1. The molecule has 0 spiro atoms. The Morgan fingerprint density at radius 1 is 1.33 bits per heavy atom. The summed E-state index contributed by atoms with van der Waals surface area (Å²) in [5.74, 6) is -0.0813. The maximum Gasteiger partial charge on any atom is 0.126 e. The van der Waals surface area contributed by atoms with Gasteiger partial charge in [0.1, 0.15) is 5.75 Å². The van der Waals surface area contributed by atoms with Gasteiger partial charge in [-0.1, -0.05) is 28.4 Å². The number of benzene rings is 1. The molecule has 5 heteroatoms. The van der Waals surface area contributed by atoms with E-state index in [0.29, 0.717) is 5.02 Å². The van der Waals surface area contributed by atoms with Gasteiger partial charge in [-0.15, -0.1) is 0 Å². The highest BCUT2D eigenvalue weighted by Gasteiger charge is 2.07. The van der Waals surface area contributed by atoms with E-state index in [0.717, 1.165) is 6.21 Å². The highest BCUT2D eigenvalue weighted by Crippen LogP contribution is 2.30. The molecule has 1 aromatic carbocycles. The maximum absolute atomic E-state index is 9.20. The van der Waals surface area contributed by atoms with Crippen molar-refractivity contribution in [3.8, 4) is 5.75 Å². The Balaban J connectivity index is 3.32. The lowest BCUT2D eigenvalue weighted by Crippen LogP contribution is -1.85. The van der Waals surface area contributed by atoms with Gasteiger partial charge in [-0.05, 0) is 12.1 Å². The number of rotatable bonds is 1. The van der Waals surface area contributed by atoms with Gasteiger partial charge in [0, 0.05) is 0 Å². The lowest BCUT2D eigenvalue weighted by molar-refractivity contribution is 0.321. The fourth-order valence-electron chi connectivity index (χ4n) is 0.737. The first-order chi connectivity index (χ1) is 5.66. The fourth-order valence-corrected chi connectivity index (χ4v) is 1.11. The Bertz CT molecular complexity index is 325. The van der Waals surface area contributed by atoms with Crippen molar-refractivity contribution in [3.63, 3.8) is 0 Å². The van der Waals surface area contributed by atoms with Gasteiger partial charge >= 0.3 is 0 Å². The van der Waals surface area contributed by atoms with Gasteiger partial charge < -0.3 is 10.3 Å². The van der Waals surface area contributed by atoms with Crippen LogP contribution >= 0.6 is 23.2 Å². The monoisotopic (exact) mass is 205 g/mol. The standard InChI is InChI=1S/C7H5Cl2NO2/c8-5-1-2-6(11)4(3-10-12)7(5)9/h1-3,11-12H. The van der Waals surface area contributed by atoms with Gasteiger partial charge in [0.05, 0.1) is 21.8 Å². The molecule has 3 nitrogen and oxygen atoms in total. The molecule has 1 rings (SSSR count). The Morgan fingerprint density at radius 3 is 2.58 bits per heavy atom. The molecule has 1 aromatic rings. The summed E-state index contributed by atoms with van der Waals surface area (Å²) in [4.78, 5) is 0. The molecule has 0 atom stereocenters. The number of nitrogens with zero attached hydrogens (tertiary/aromatic N) is 1. The third-order valence-electron chi connectivity index (χ3n) is 1.30. The number of aromatic hydroxyl groups is 1. The zero-order valence-electron chi connectivity index (χ0n) is 5.83. The molecule has 0 unspecified atom stereocenters. The summed E-state index contributed by atoms with van der Waals surface area (Å²) in [5, 5.41) is 20.6. The first kappa shape index (κ1) is 9.16. The van der Waals surface area contributed by atoms with E-state index in [1.165, 1.54) is 12.1 Å². The van der Waals surface area contributed by atoms with E-state index in [4.69, 9.17) is 28.4 Å². The van der Waals surface area contributed by atoms with Gasteiger partial charge in [-0.2, -0.15) is 0 Å². The van der Waals surface area contributed by atoms with E-state index in [9.17, 15) is 5.11 Å². The third kappa shape index (κ3) is 1.62. The summed E-state index contributed by atoms with van der Waals surface area (Å²) in [7, 11) is 0. The van der Waals surface area contributed by atoms with Crippen LogP contribution < -0.4 is 0 Å². The molecule has 0 fully saturated rings. The molecular formula is C7H5Cl2NO2. The average molecular weight is 206 g/mol. The highest BCUT2D eigenvalue weighted by atomic mass is 35.5. The second-order valence-electron chi connectivity index (χ2n) is 2.04. The molecule has 0 bridgehead atoms. The molecule has 2 N–H and O–H groups in total. The van der Waals surface area contributed by atoms with Gasteiger partial charge in [-0.25, -0.2) is 0 Å². The minimum Gasteiger partial charge on any atom is -0.507 e. The number of halogens is 2. The molecule has 0 saturated carbocycles. The van der Waals surface area contributed by atoms with Crippen LogP contribution in [0.2, 0.25) is 10.0 Å². The van der Waals surface area contributed by atoms with Crippen LogP contribution in [-0.4, -0.2) is 16.5 Å². The van der Waals surface area contributed by atoms with Crippen molar-refractivity contribution >= 4 is 29.4 Å². The quantitative estimate of drug-likeness (QED) is 0.421. The summed E-state index contributed by atoms with van der Waals surface area (Å²) in [5.41, 5.74) is 0.201. The Labute approximate surface area is 78.8 Å². The lowest BCUT2D eigenvalue weighted by atomic mass is 10.2. The number of phenolic OH excluding ortho intramolecular Hbond substituents is 1. The van der Waals surface area contributed by atoms with Crippen LogP contribution in [0.25, 0.3) is 0 Å². The molecule has 12 heavy (non-hydrogen) atoms.